The Hall–Kier alpha value is -2.17. The van der Waals surface area contributed by atoms with Crippen molar-refractivity contribution in [3.63, 3.8) is 0 Å². The summed E-state index contributed by atoms with van der Waals surface area (Å²) >= 11 is 0. The number of piperidine rings is 1. The van der Waals surface area contributed by atoms with Crippen molar-refractivity contribution in [2.24, 2.45) is 5.92 Å². The maximum atomic E-state index is 12.5. The van der Waals surface area contributed by atoms with Crippen molar-refractivity contribution in [2.45, 2.75) is 26.7 Å². The van der Waals surface area contributed by atoms with Gasteiger partial charge >= 0.3 is 0 Å². The van der Waals surface area contributed by atoms with E-state index in [2.05, 4.69) is 20.9 Å². The summed E-state index contributed by atoms with van der Waals surface area (Å²) in [7, 11) is 0. The van der Waals surface area contributed by atoms with Crippen LogP contribution in [0, 0.1) is 5.92 Å². The number of para-hydroxylation sites is 1. The van der Waals surface area contributed by atoms with Crippen molar-refractivity contribution in [2.75, 3.05) is 31.1 Å². The average molecular weight is 312 g/mol. The minimum absolute atomic E-state index is 0.152. The molecule has 5 heteroatoms. The van der Waals surface area contributed by atoms with E-state index in [-0.39, 0.29) is 5.92 Å². The number of fused-ring (bicyclic) bond motifs is 1. The molecule has 2 heterocycles. The zero-order valence-corrected chi connectivity index (χ0v) is 13.9. The van der Waals surface area contributed by atoms with E-state index >= 15 is 0 Å². The largest absolute Gasteiger partial charge is 0.356 e. The van der Waals surface area contributed by atoms with Crippen LogP contribution in [0.3, 0.4) is 0 Å². The van der Waals surface area contributed by atoms with Gasteiger partial charge in [-0.2, -0.15) is 0 Å². The van der Waals surface area contributed by atoms with E-state index in [1.54, 1.807) is 6.33 Å². The lowest BCUT2D eigenvalue weighted by atomic mass is 9.95. The van der Waals surface area contributed by atoms with Gasteiger partial charge in [-0.1, -0.05) is 12.1 Å². The molecule has 0 aliphatic carbocycles. The van der Waals surface area contributed by atoms with Gasteiger partial charge in [0.15, 0.2) is 0 Å². The van der Waals surface area contributed by atoms with E-state index in [1.165, 1.54) is 0 Å². The molecule has 23 heavy (non-hydrogen) atoms. The topological polar surface area (TPSA) is 49.3 Å². The number of anilines is 1. The van der Waals surface area contributed by atoms with Crippen molar-refractivity contribution >= 4 is 22.6 Å². The van der Waals surface area contributed by atoms with Gasteiger partial charge in [-0.15, -0.1) is 0 Å². The van der Waals surface area contributed by atoms with E-state index in [4.69, 9.17) is 0 Å². The Bertz CT molecular complexity index is 670. The minimum Gasteiger partial charge on any atom is -0.356 e. The van der Waals surface area contributed by atoms with Gasteiger partial charge in [0.05, 0.1) is 5.52 Å². The van der Waals surface area contributed by atoms with Crippen molar-refractivity contribution in [3.05, 3.63) is 30.6 Å². The number of aromatic nitrogens is 2. The number of rotatable bonds is 4. The molecule has 0 atom stereocenters. The van der Waals surface area contributed by atoms with Crippen LogP contribution in [0.1, 0.15) is 26.7 Å². The third-order valence-corrected chi connectivity index (χ3v) is 4.74. The second-order valence-corrected chi connectivity index (χ2v) is 5.99. The van der Waals surface area contributed by atoms with E-state index in [0.29, 0.717) is 5.91 Å². The van der Waals surface area contributed by atoms with Crippen LogP contribution in [-0.2, 0) is 4.79 Å². The minimum atomic E-state index is 0.152. The van der Waals surface area contributed by atoms with Crippen LogP contribution in [-0.4, -0.2) is 47.0 Å². The highest BCUT2D eigenvalue weighted by Crippen LogP contribution is 2.27. The van der Waals surface area contributed by atoms with Crippen molar-refractivity contribution in [1.82, 2.24) is 14.9 Å². The van der Waals surface area contributed by atoms with E-state index < -0.39 is 0 Å². The fraction of sp³-hybridized carbons (Fsp3) is 0.500. The van der Waals surface area contributed by atoms with Crippen molar-refractivity contribution < 1.29 is 4.79 Å². The molecule has 1 aromatic heterocycles. The number of carbonyl (C=O) groups excluding carboxylic acids is 1. The lowest BCUT2D eigenvalue weighted by molar-refractivity contribution is -0.135. The standard InChI is InChI=1S/C18H24N4O/c1-3-21(4-2)18(23)14-9-11-22(12-10-14)17-15-7-5-6-8-16(15)19-13-20-17/h5-8,13-14H,3-4,9-12H2,1-2H3. The maximum absolute atomic E-state index is 12.5. The monoisotopic (exact) mass is 312 g/mol. The zero-order valence-electron chi connectivity index (χ0n) is 13.9. The first-order chi connectivity index (χ1) is 11.2. The highest BCUT2D eigenvalue weighted by Gasteiger charge is 2.28. The molecule has 1 aliphatic heterocycles. The van der Waals surface area contributed by atoms with Crippen LogP contribution in [0.2, 0.25) is 0 Å². The van der Waals surface area contributed by atoms with Gasteiger partial charge in [-0.3, -0.25) is 4.79 Å². The van der Waals surface area contributed by atoms with Crippen LogP contribution < -0.4 is 4.90 Å². The Morgan fingerprint density at radius 3 is 2.57 bits per heavy atom. The van der Waals surface area contributed by atoms with Crippen LogP contribution in [0.25, 0.3) is 10.9 Å². The van der Waals surface area contributed by atoms with Gasteiger partial charge in [0, 0.05) is 37.5 Å². The Morgan fingerprint density at radius 2 is 1.87 bits per heavy atom. The van der Waals surface area contributed by atoms with Crippen molar-refractivity contribution in [1.29, 1.82) is 0 Å². The second-order valence-electron chi connectivity index (χ2n) is 5.99. The molecule has 0 bridgehead atoms. The summed E-state index contributed by atoms with van der Waals surface area (Å²) in [5.41, 5.74) is 0.971. The van der Waals surface area contributed by atoms with Gasteiger partial charge in [0.1, 0.15) is 12.1 Å². The Balaban J connectivity index is 1.72. The number of hydrogen-bond donors (Lipinski definition) is 0. The SMILES string of the molecule is CCN(CC)C(=O)C1CCN(c2ncnc3ccccc23)CC1. The molecule has 0 N–H and O–H groups in total. The number of nitrogens with zero attached hydrogens (tertiary/aromatic N) is 4. The van der Waals surface area contributed by atoms with E-state index in [9.17, 15) is 4.79 Å². The van der Waals surface area contributed by atoms with E-state index in [0.717, 1.165) is 55.7 Å². The lowest BCUT2D eigenvalue weighted by Gasteiger charge is -2.34. The number of hydrogen-bond acceptors (Lipinski definition) is 4. The van der Waals surface area contributed by atoms with Gasteiger partial charge in [0.25, 0.3) is 0 Å². The molecule has 2 aromatic rings. The summed E-state index contributed by atoms with van der Waals surface area (Å²) in [6.45, 7) is 7.43. The molecular formula is C18H24N4O. The molecule has 1 aromatic carbocycles. The van der Waals surface area contributed by atoms with Gasteiger partial charge < -0.3 is 9.80 Å². The highest BCUT2D eigenvalue weighted by molar-refractivity contribution is 5.89. The molecule has 0 spiro atoms. The first kappa shape index (κ1) is 15.7. The van der Waals surface area contributed by atoms with Crippen LogP contribution >= 0.6 is 0 Å². The molecule has 0 saturated carbocycles. The maximum Gasteiger partial charge on any atom is 0.225 e. The summed E-state index contributed by atoms with van der Waals surface area (Å²) in [4.78, 5) is 25.5. The fourth-order valence-electron chi connectivity index (χ4n) is 3.37. The lowest BCUT2D eigenvalue weighted by Crippen LogP contribution is -2.42. The van der Waals surface area contributed by atoms with Crippen LogP contribution in [0.15, 0.2) is 30.6 Å². The van der Waals surface area contributed by atoms with Gasteiger partial charge in [0.2, 0.25) is 5.91 Å². The molecule has 3 rings (SSSR count). The predicted molar refractivity (Wildman–Crippen MR) is 92.4 cm³/mol. The average Bonchev–Trinajstić information content (AvgIpc) is 2.62. The molecule has 1 saturated heterocycles. The second kappa shape index (κ2) is 6.94. The third kappa shape index (κ3) is 3.14. The molecule has 0 unspecified atom stereocenters. The molecule has 1 aliphatic rings. The first-order valence-corrected chi connectivity index (χ1v) is 8.48. The molecule has 5 nitrogen and oxygen atoms in total. The summed E-state index contributed by atoms with van der Waals surface area (Å²) in [6.07, 6.45) is 3.42. The first-order valence-electron chi connectivity index (χ1n) is 8.48. The predicted octanol–water partition coefficient (Wildman–Crippen LogP) is 2.71. The Labute approximate surface area is 137 Å². The molecule has 0 radical (unpaired) electrons. The summed E-state index contributed by atoms with van der Waals surface area (Å²) in [5.74, 6) is 1.45. The van der Waals surface area contributed by atoms with E-state index in [1.807, 2.05) is 36.9 Å². The molecule has 1 amide bonds. The fourth-order valence-corrected chi connectivity index (χ4v) is 3.37. The normalized spacial score (nSPS) is 15.8. The Morgan fingerprint density at radius 1 is 1.17 bits per heavy atom. The summed E-state index contributed by atoms with van der Waals surface area (Å²) in [5, 5.41) is 1.09. The third-order valence-electron chi connectivity index (χ3n) is 4.74. The summed E-state index contributed by atoms with van der Waals surface area (Å²) < 4.78 is 0. The van der Waals surface area contributed by atoms with Gasteiger partial charge in [-0.25, -0.2) is 9.97 Å². The van der Waals surface area contributed by atoms with Crippen LogP contribution in [0.4, 0.5) is 5.82 Å². The highest BCUT2D eigenvalue weighted by atomic mass is 16.2. The van der Waals surface area contributed by atoms with Gasteiger partial charge in [-0.05, 0) is 38.8 Å². The molecular weight excluding hydrogens is 288 g/mol. The summed E-state index contributed by atoms with van der Waals surface area (Å²) in [6, 6.07) is 8.09. The number of amides is 1. The smallest absolute Gasteiger partial charge is 0.225 e. The van der Waals surface area contributed by atoms with Crippen LogP contribution in [0.5, 0.6) is 0 Å². The molecule has 1 fully saturated rings. The quantitative estimate of drug-likeness (QED) is 0.871. The Kier molecular flexibility index (Phi) is 4.74. The number of carbonyl (C=O) groups is 1. The molecule has 122 valence electrons. The number of benzene rings is 1. The van der Waals surface area contributed by atoms with Crippen molar-refractivity contribution in [3.8, 4) is 0 Å². The zero-order chi connectivity index (χ0) is 16.2.